The smallest absolute Gasteiger partial charge is 0.131 e. The number of nitrogens with zero attached hydrogens (tertiary/aromatic N) is 2. The molecule has 1 saturated heterocycles. The molecule has 0 amide bonds. The fourth-order valence-electron chi connectivity index (χ4n) is 3.20. The van der Waals surface area contributed by atoms with E-state index >= 15 is 0 Å². The van der Waals surface area contributed by atoms with Gasteiger partial charge in [-0.3, -0.25) is 4.90 Å². The lowest BCUT2D eigenvalue weighted by Crippen LogP contribution is -2.39. The molecule has 112 valence electrons. The van der Waals surface area contributed by atoms with Gasteiger partial charge in [-0.05, 0) is 45.0 Å². The quantitative estimate of drug-likeness (QED) is 0.898. The summed E-state index contributed by atoms with van der Waals surface area (Å²) < 4.78 is 13.9. The van der Waals surface area contributed by atoms with Gasteiger partial charge in [-0.15, -0.1) is 0 Å². The fourth-order valence-corrected chi connectivity index (χ4v) is 3.20. The highest BCUT2D eigenvalue weighted by atomic mass is 19.1. The third-order valence-electron chi connectivity index (χ3n) is 4.25. The Balaban J connectivity index is 2.17. The summed E-state index contributed by atoms with van der Waals surface area (Å²) in [7, 11) is 1.98. The van der Waals surface area contributed by atoms with Crippen molar-refractivity contribution < 1.29 is 9.50 Å². The summed E-state index contributed by atoms with van der Waals surface area (Å²) in [5, 5.41) is 9.82. The van der Waals surface area contributed by atoms with Crippen LogP contribution >= 0.6 is 0 Å². The van der Waals surface area contributed by atoms with Crippen LogP contribution in [-0.2, 0) is 0 Å². The second-order valence-electron chi connectivity index (χ2n) is 5.65. The molecule has 1 aromatic carbocycles. The van der Waals surface area contributed by atoms with Crippen LogP contribution in [0.5, 0.6) is 0 Å². The Kier molecular flexibility index (Phi) is 5.00. The van der Waals surface area contributed by atoms with Gasteiger partial charge in [-0.2, -0.15) is 0 Å². The monoisotopic (exact) mass is 280 g/mol. The van der Waals surface area contributed by atoms with Gasteiger partial charge < -0.3 is 10.0 Å². The Morgan fingerprint density at radius 2 is 2.25 bits per heavy atom. The van der Waals surface area contributed by atoms with Crippen LogP contribution in [0.3, 0.4) is 0 Å². The minimum Gasteiger partial charge on any atom is -0.389 e. The van der Waals surface area contributed by atoms with Crippen LogP contribution in [0.1, 0.15) is 38.4 Å². The number of benzene rings is 1. The molecule has 2 unspecified atom stereocenters. The molecule has 4 heteroatoms. The van der Waals surface area contributed by atoms with Crippen molar-refractivity contribution >= 4 is 5.69 Å². The van der Waals surface area contributed by atoms with E-state index in [1.807, 2.05) is 13.1 Å². The van der Waals surface area contributed by atoms with Crippen molar-refractivity contribution in [2.24, 2.45) is 0 Å². The molecule has 1 heterocycles. The van der Waals surface area contributed by atoms with Gasteiger partial charge >= 0.3 is 0 Å². The Labute approximate surface area is 121 Å². The fraction of sp³-hybridized carbons (Fsp3) is 0.625. The molecular weight excluding hydrogens is 255 g/mol. The number of anilines is 1. The SMILES string of the molecule is CCN1CCCC1CN(C)c1cccc(F)c1C(C)O. The summed E-state index contributed by atoms with van der Waals surface area (Å²) in [4.78, 5) is 4.54. The molecule has 0 aliphatic carbocycles. The molecule has 20 heavy (non-hydrogen) atoms. The van der Waals surface area contributed by atoms with Gasteiger partial charge in [0.2, 0.25) is 0 Å². The standard InChI is InChI=1S/C16H25FN2O/c1-4-19-10-6-7-13(19)11-18(3)15-9-5-8-14(17)16(15)12(2)20/h5,8-9,12-13,20H,4,6-7,10-11H2,1-3H3. The van der Waals surface area contributed by atoms with Crippen LogP contribution in [-0.4, -0.2) is 42.7 Å². The molecule has 1 aliphatic rings. The van der Waals surface area contributed by atoms with Crippen molar-refractivity contribution in [2.75, 3.05) is 31.6 Å². The zero-order valence-electron chi connectivity index (χ0n) is 12.6. The maximum Gasteiger partial charge on any atom is 0.131 e. The van der Waals surface area contributed by atoms with Crippen molar-refractivity contribution in [1.82, 2.24) is 4.90 Å². The first-order chi connectivity index (χ1) is 9.54. The van der Waals surface area contributed by atoms with Crippen LogP contribution in [0, 0.1) is 5.82 Å². The van der Waals surface area contributed by atoms with Gasteiger partial charge in [0.05, 0.1) is 6.10 Å². The maximum absolute atomic E-state index is 13.9. The van der Waals surface area contributed by atoms with Crippen LogP contribution < -0.4 is 4.90 Å². The molecule has 0 spiro atoms. The molecule has 1 aliphatic heterocycles. The van der Waals surface area contributed by atoms with Crippen molar-refractivity contribution in [3.8, 4) is 0 Å². The Morgan fingerprint density at radius 1 is 1.50 bits per heavy atom. The van der Waals surface area contributed by atoms with E-state index in [0.29, 0.717) is 11.6 Å². The summed E-state index contributed by atoms with van der Waals surface area (Å²) >= 11 is 0. The lowest BCUT2D eigenvalue weighted by molar-refractivity contribution is 0.194. The first kappa shape index (κ1) is 15.3. The van der Waals surface area contributed by atoms with Gasteiger partial charge in [-0.25, -0.2) is 4.39 Å². The molecule has 3 nitrogen and oxygen atoms in total. The summed E-state index contributed by atoms with van der Waals surface area (Å²) in [6, 6.07) is 5.53. The number of rotatable bonds is 5. The average Bonchev–Trinajstić information content (AvgIpc) is 2.85. The Hall–Kier alpha value is -1.13. The third kappa shape index (κ3) is 3.13. The Bertz CT molecular complexity index is 450. The first-order valence-electron chi connectivity index (χ1n) is 7.46. The zero-order chi connectivity index (χ0) is 14.7. The molecule has 2 rings (SSSR count). The lowest BCUT2D eigenvalue weighted by atomic mass is 10.1. The highest BCUT2D eigenvalue weighted by molar-refractivity contribution is 5.54. The number of hydrogen-bond acceptors (Lipinski definition) is 3. The van der Waals surface area contributed by atoms with E-state index in [0.717, 1.165) is 25.3 Å². The molecule has 2 atom stereocenters. The van der Waals surface area contributed by atoms with Crippen LogP contribution in [0.15, 0.2) is 18.2 Å². The predicted molar refractivity (Wildman–Crippen MR) is 80.6 cm³/mol. The summed E-state index contributed by atoms with van der Waals surface area (Å²) in [5.41, 5.74) is 1.19. The van der Waals surface area contributed by atoms with Crippen molar-refractivity contribution in [2.45, 2.75) is 38.8 Å². The van der Waals surface area contributed by atoms with E-state index < -0.39 is 6.10 Å². The number of halogens is 1. The summed E-state index contributed by atoms with van der Waals surface area (Å²) in [6.45, 7) is 6.88. The molecule has 0 bridgehead atoms. The highest BCUT2D eigenvalue weighted by Crippen LogP contribution is 2.29. The van der Waals surface area contributed by atoms with Gasteiger partial charge in [0.25, 0.3) is 0 Å². The molecule has 1 fully saturated rings. The molecule has 1 N–H and O–H groups in total. The molecule has 0 saturated carbocycles. The number of aliphatic hydroxyl groups excluding tert-OH is 1. The minimum atomic E-state index is -0.792. The van der Waals surface area contributed by atoms with Gasteiger partial charge in [-0.1, -0.05) is 13.0 Å². The summed E-state index contributed by atoms with van der Waals surface area (Å²) in [6.07, 6.45) is 1.63. The van der Waals surface area contributed by atoms with E-state index in [1.54, 1.807) is 13.0 Å². The highest BCUT2D eigenvalue weighted by Gasteiger charge is 2.25. The summed E-state index contributed by atoms with van der Waals surface area (Å²) in [5.74, 6) is -0.330. The van der Waals surface area contributed by atoms with Crippen molar-refractivity contribution in [3.05, 3.63) is 29.6 Å². The molecule has 0 radical (unpaired) electrons. The first-order valence-corrected chi connectivity index (χ1v) is 7.46. The zero-order valence-corrected chi connectivity index (χ0v) is 12.6. The van der Waals surface area contributed by atoms with Crippen LogP contribution in [0.25, 0.3) is 0 Å². The van der Waals surface area contributed by atoms with Crippen LogP contribution in [0.2, 0.25) is 0 Å². The lowest BCUT2D eigenvalue weighted by Gasteiger charge is -2.30. The normalized spacial score (nSPS) is 21.1. The third-order valence-corrected chi connectivity index (χ3v) is 4.25. The minimum absolute atomic E-state index is 0.330. The number of aliphatic hydroxyl groups is 1. The average molecular weight is 280 g/mol. The van der Waals surface area contributed by atoms with Crippen LogP contribution in [0.4, 0.5) is 10.1 Å². The van der Waals surface area contributed by atoms with Gasteiger partial charge in [0, 0.05) is 30.9 Å². The Morgan fingerprint density at radius 3 is 2.90 bits per heavy atom. The van der Waals surface area contributed by atoms with E-state index in [1.165, 1.54) is 18.9 Å². The molecular formula is C16H25FN2O. The van der Waals surface area contributed by atoms with E-state index in [-0.39, 0.29) is 5.82 Å². The number of likely N-dealkylation sites (N-methyl/N-ethyl adjacent to an activating group) is 2. The number of likely N-dealkylation sites (tertiary alicyclic amines) is 1. The van der Waals surface area contributed by atoms with Gasteiger partial charge in [0.15, 0.2) is 0 Å². The second kappa shape index (κ2) is 6.55. The largest absolute Gasteiger partial charge is 0.389 e. The van der Waals surface area contributed by atoms with Crippen molar-refractivity contribution in [3.63, 3.8) is 0 Å². The van der Waals surface area contributed by atoms with Crippen molar-refractivity contribution in [1.29, 1.82) is 0 Å². The topological polar surface area (TPSA) is 26.7 Å². The second-order valence-corrected chi connectivity index (χ2v) is 5.65. The maximum atomic E-state index is 13.9. The molecule has 0 aromatic heterocycles. The van der Waals surface area contributed by atoms with E-state index in [4.69, 9.17) is 0 Å². The molecule has 1 aromatic rings. The predicted octanol–water partition coefficient (Wildman–Crippen LogP) is 2.80. The number of hydrogen-bond donors (Lipinski definition) is 1. The van der Waals surface area contributed by atoms with E-state index in [9.17, 15) is 9.50 Å². The van der Waals surface area contributed by atoms with Gasteiger partial charge in [0.1, 0.15) is 5.82 Å². The van der Waals surface area contributed by atoms with E-state index in [2.05, 4.69) is 16.7 Å².